The lowest BCUT2D eigenvalue weighted by atomic mass is 9.76. The molecular weight excluding hydrogens is 270 g/mol. The Hall–Kier alpha value is -2.04. The molecule has 0 saturated carbocycles. The number of ether oxygens (including phenoxy) is 1. The lowest BCUT2D eigenvalue weighted by Gasteiger charge is -2.41. The van der Waals surface area contributed by atoms with Crippen molar-refractivity contribution in [2.24, 2.45) is 0 Å². The fourth-order valence-electron chi connectivity index (χ4n) is 3.04. The van der Waals surface area contributed by atoms with E-state index >= 15 is 0 Å². The van der Waals surface area contributed by atoms with Crippen LogP contribution in [-0.2, 0) is 22.4 Å². The number of carboxylic acids is 1. The fourth-order valence-corrected chi connectivity index (χ4v) is 3.04. The zero-order chi connectivity index (χ0) is 15.5. The highest BCUT2D eigenvalue weighted by atomic mass is 16.5. The van der Waals surface area contributed by atoms with Gasteiger partial charge in [-0.15, -0.1) is 0 Å². The van der Waals surface area contributed by atoms with Gasteiger partial charge in [0.25, 0.3) is 0 Å². The summed E-state index contributed by atoms with van der Waals surface area (Å²) in [6, 6.07) is 5.74. The van der Waals surface area contributed by atoms with E-state index in [4.69, 9.17) is 4.74 Å². The number of hydrogen-bond acceptors (Lipinski definition) is 3. The molecule has 1 unspecified atom stereocenters. The Morgan fingerprint density at radius 3 is 2.81 bits per heavy atom. The van der Waals surface area contributed by atoms with E-state index in [0.29, 0.717) is 38.0 Å². The summed E-state index contributed by atoms with van der Waals surface area (Å²) in [6.45, 7) is 2.39. The highest BCUT2D eigenvalue weighted by molar-refractivity contribution is 5.82. The Morgan fingerprint density at radius 2 is 2.24 bits per heavy atom. The van der Waals surface area contributed by atoms with Gasteiger partial charge in [0.2, 0.25) is 6.41 Å². The largest absolute Gasteiger partial charge is 0.497 e. The van der Waals surface area contributed by atoms with E-state index in [2.05, 4.69) is 0 Å². The van der Waals surface area contributed by atoms with Crippen molar-refractivity contribution in [3.05, 3.63) is 29.3 Å². The Morgan fingerprint density at radius 1 is 1.48 bits per heavy atom. The first-order valence-corrected chi connectivity index (χ1v) is 7.18. The van der Waals surface area contributed by atoms with Crippen LogP contribution in [0.4, 0.5) is 0 Å². The molecule has 114 valence electrons. The third kappa shape index (κ3) is 2.73. The number of carboxylic acid groups (broad SMARTS) is 1. The summed E-state index contributed by atoms with van der Waals surface area (Å²) in [6.07, 6.45) is 2.83. The zero-order valence-electron chi connectivity index (χ0n) is 12.5. The predicted octanol–water partition coefficient (Wildman–Crippen LogP) is 1.88. The zero-order valence-corrected chi connectivity index (χ0v) is 12.5. The maximum atomic E-state index is 11.9. The maximum Gasteiger partial charge on any atom is 0.329 e. The van der Waals surface area contributed by atoms with Crippen molar-refractivity contribution in [3.63, 3.8) is 0 Å². The second-order valence-electron chi connectivity index (χ2n) is 5.45. The number of methoxy groups -OCH3 is 1. The van der Waals surface area contributed by atoms with Crippen LogP contribution < -0.4 is 4.74 Å². The number of fused-ring (bicyclic) bond motifs is 1. The third-order valence-electron chi connectivity index (χ3n) is 4.24. The summed E-state index contributed by atoms with van der Waals surface area (Å²) in [5.74, 6) is -0.223. The van der Waals surface area contributed by atoms with E-state index < -0.39 is 11.5 Å². The van der Waals surface area contributed by atoms with Crippen LogP contribution in [0.1, 0.15) is 30.9 Å². The summed E-state index contributed by atoms with van der Waals surface area (Å²) in [7, 11) is 1.59. The van der Waals surface area contributed by atoms with Crippen molar-refractivity contribution in [2.45, 2.75) is 38.1 Å². The van der Waals surface area contributed by atoms with Crippen molar-refractivity contribution in [1.29, 1.82) is 0 Å². The van der Waals surface area contributed by atoms with E-state index in [1.165, 1.54) is 4.90 Å². The van der Waals surface area contributed by atoms with Crippen molar-refractivity contribution in [3.8, 4) is 5.75 Å². The molecule has 0 spiro atoms. The van der Waals surface area contributed by atoms with E-state index in [-0.39, 0.29) is 0 Å². The van der Waals surface area contributed by atoms with Crippen LogP contribution >= 0.6 is 0 Å². The topological polar surface area (TPSA) is 66.8 Å². The third-order valence-corrected chi connectivity index (χ3v) is 4.24. The monoisotopic (exact) mass is 291 g/mol. The van der Waals surface area contributed by atoms with E-state index in [1.54, 1.807) is 7.11 Å². The van der Waals surface area contributed by atoms with Crippen LogP contribution in [0.25, 0.3) is 0 Å². The van der Waals surface area contributed by atoms with Crippen LogP contribution in [0.15, 0.2) is 18.2 Å². The van der Waals surface area contributed by atoms with Gasteiger partial charge in [-0.25, -0.2) is 4.79 Å². The van der Waals surface area contributed by atoms with Gasteiger partial charge < -0.3 is 14.7 Å². The van der Waals surface area contributed by atoms with E-state index in [1.807, 2.05) is 25.1 Å². The van der Waals surface area contributed by atoms with Gasteiger partial charge in [0.05, 0.1) is 7.11 Å². The van der Waals surface area contributed by atoms with Gasteiger partial charge in [-0.1, -0.05) is 13.0 Å². The van der Waals surface area contributed by atoms with Gasteiger partial charge in [0, 0.05) is 13.0 Å². The number of carbonyl (C=O) groups excluding carboxylic acids is 1. The molecule has 0 radical (unpaired) electrons. The van der Waals surface area contributed by atoms with Gasteiger partial charge in [0.15, 0.2) is 0 Å². The molecule has 1 atom stereocenters. The van der Waals surface area contributed by atoms with Crippen LogP contribution in [0, 0.1) is 0 Å². The van der Waals surface area contributed by atoms with Crippen LogP contribution in [0.3, 0.4) is 0 Å². The number of rotatable bonds is 6. The van der Waals surface area contributed by atoms with Gasteiger partial charge in [0.1, 0.15) is 11.3 Å². The molecule has 1 aromatic carbocycles. The number of hydrogen-bond donors (Lipinski definition) is 1. The minimum Gasteiger partial charge on any atom is -0.497 e. The van der Waals surface area contributed by atoms with Crippen molar-refractivity contribution in [1.82, 2.24) is 4.90 Å². The van der Waals surface area contributed by atoms with Gasteiger partial charge in [-0.3, -0.25) is 4.79 Å². The molecule has 1 aliphatic carbocycles. The molecule has 1 N–H and O–H groups in total. The molecule has 1 amide bonds. The summed E-state index contributed by atoms with van der Waals surface area (Å²) in [5, 5.41) is 9.74. The van der Waals surface area contributed by atoms with Gasteiger partial charge in [-0.2, -0.15) is 0 Å². The summed E-state index contributed by atoms with van der Waals surface area (Å²) in [4.78, 5) is 24.7. The molecule has 0 aliphatic heterocycles. The summed E-state index contributed by atoms with van der Waals surface area (Å²) < 4.78 is 5.21. The Bertz CT molecular complexity index is 543. The first-order chi connectivity index (χ1) is 10.1. The Kier molecular flexibility index (Phi) is 4.50. The predicted molar refractivity (Wildman–Crippen MR) is 78.4 cm³/mol. The Labute approximate surface area is 124 Å². The average molecular weight is 291 g/mol. The quantitative estimate of drug-likeness (QED) is 0.813. The number of carbonyl (C=O) groups is 2. The molecule has 0 heterocycles. The van der Waals surface area contributed by atoms with Gasteiger partial charge >= 0.3 is 5.97 Å². The molecule has 0 bridgehead atoms. The first kappa shape index (κ1) is 15.4. The highest BCUT2D eigenvalue weighted by Crippen LogP contribution is 2.35. The van der Waals surface area contributed by atoms with Crippen molar-refractivity contribution < 1.29 is 19.4 Å². The molecular formula is C16H21NO4. The highest BCUT2D eigenvalue weighted by Gasteiger charge is 2.46. The molecule has 1 aliphatic rings. The SMILES string of the molecule is CCCN(C=O)C1(C(=O)O)CCc2ccc(OC)cc2C1. The van der Waals surface area contributed by atoms with Crippen molar-refractivity contribution in [2.75, 3.05) is 13.7 Å². The molecule has 0 fully saturated rings. The molecule has 1 aromatic rings. The number of nitrogens with zero attached hydrogens (tertiary/aromatic N) is 1. The number of benzene rings is 1. The first-order valence-electron chi connectivity index (χ1n) is 7.18. The summed E-state index contributed by atoms with van der Waals surface area (Å²) in [5.41, 5.74) is 0.942. The second kappa shape index (κ2) is 6.16. The lowest BCUT2D eigenvalue weighted by Crippen LogP contribution is -2.57. The number of aryl methyl sites for hydroxylation is 1. The fraction of sp³-hybridized carbons (Fsp3) is 0.500. The molecule has 5 nitrogen and oxygen atoms in total. The molecule has 21 heavy (non-hydrogen) atoms. The Balaban J connectivity index is 2.41. The van der Waals surface area contributed by atoms with E-state index in [0.717, 1.165) is 17.5 Å². The lowest BCUT2D eigenvalue weighted by molar-refractivity contribution is -0.156. The molecule has 5 heteroatoms. The van der Waals surface area contributed by atoms with Gasteiger partial charge in [-0.05, 0) is 42.5 Å². The number of amides is 1. The number of aliphatic carboxylic acids is 1. The minimum absolute atomic E-state index is 0.327. The van der Waals surface area contributed by atoms with Crippen LogP contribution in [0.2, 0.25) is 0 Å². The molecule has 0 aromatic heterocycles. The summed E-state index contributed by atoms with van der Waals surface area (Å²) >= 11 is 0. The minimum atomic E-state index is -1.14. The second-order valence-corrected chi connectivity index (χ2v) is 5.45. The van der Waals surface area contributed by atoms with Crippen LogP contribution in [-0.4, -0.2) is 41.6 Å². The van der Waals surface area contributed by atoms with Crippen LogP contribution in [0.5, 0.6) is 5.75 Å². The average Bonchev–Trinajstić information content (AvgIpc) is 2.51. The molecule has 0 saturated heterocycles. The maximum absolute atomic E-state index is 11.9. The normalized spacial score (nSPS) is 20.5. The van der Waals surface area contributed by atoms with E-state index in [9.17, 15) is 14.7 Å². The standard InChI is InChI=1S/C16H21NO4/c1-3-8-17(11-18)16(15(19)20)7-6-12-4-5-14(21-2)9-13(12)10-16/h4-5,9,11H,3,6-8,10H2,1-2H3,(H,19,20). The van der Waals surface area contributed by atoms with Crippen molar-refractivity contribution >= 4 is 12.4 Å². The smallest absolute Gasteiger partial charge is 0.329 e. The molecule has 2 rings (SSSR count).